The van der Waals surface area contributed by atoms with Gasteiger partial charge in [-0.25, -0.2) is 0 Å². The molecule has 1 N–H and O–H groups in total. The Morgan fingerprint density at radius 2 is 1.91 bits per heavy atom. The Morgan fingerprint density at radius 3 is 2.71 bits per heavy atom. The van der Waals surface area contributed by atoms with Crippen molar-refractivity contribution in [1.82, 2.24) is 0 Å². The third-order valence-corrected chi connectivity index (χ3v) is 9.05. The molecule has 0 amide bonds. The number of ether oxygens (including phenoxy) is 2. The molecule has 178 valence electrons. The van der Waals surface area contributed by atoms with Gasteiger partial charge < -0.3 is 14.6 Å². The van der Waals surface area contributed by atoms with Gasteiger partial charge >= 0.3 is 6.29 Å². The average molecular weight is 467 g/mol. The molecule has 1 aromatic rings. The van der Waals surface area contributed by atoms with Gasteiger partial charge in [0.25, 0.3) is 0 Å². The van der Waals surface area contributed by atoms with Crippen LogP contribution in [0.4, 0.5) is 8.78 Å². The summed E-state index contributed by atoms with van der Waals surface area (Å²) in [4.78, 5) is 12.2. The zero-order chi connectivity index (χ0) is 23.9. The molecule has 0 spiro atoms. The summed E-state index contributed by atoms with van der Waals surface area (Å²) in [5.41, 5.74) is 3.09. The fourth-order valence-corrected chi connectivity index (χ4v) is 7.56. The van der Waals surface area contributed by atoms with Crippen LogP contribution in [0.1, 0.15) is 70.3 Å². The standard InChI is InChI=1S/C28H28F2O4/c1-3-11-27(32)12-10-22-20-7-4-16-13-18(31)6-8-19(16)25(20)21(15-26(22,27)2)17-5-9-23-24(14-17)34-28(29,30)33-23/h5,9,13-14,20-22,32H,4,6-8,10,12,15H2,1-2H3/t20-,21+,22-,26-,27-/m0/s1. The van der Waals surface area contributed by atoms with E-state index in [-0.39, 0.29) is 35.0 Å². The Labute approximate surface area is 198 Å². The predicted octanol–water partition coefficient (Wildman–Crippen LogP) is 5.66. The van der Waals surface area contributed by atoms with Gasteiger partial charge in [0.1, 0.15) is 5.60 Å². The topological polar surface area (TPSA) is 55.8 Å². The van der Waals surface area contributed by atoms with Crippen molar-refractivity contribution in [2.75, 3.05) is 0 Å². The number of allylic oxidation sites excluding steroid dienone is 4. The molecule has 0 radical (unpaired) electrons. The maximum atomic E-state index is 13.7. The van der Waals surface area contributed by atoms with Gasteiger partial charge in [-0.2, -0.15) is 0 Å². The van der Waals surface area contributed by atoms with Crippen molar-refractivity contribution in [3.8, 4) is 23.3 Å². The highest BCUT2D eigenvalue weighted by Gasteiger charge is 2.62. The molecular formula is C28H28F2O4. The van der Waals surface area contributed by atoms with Crippen LogP contribution in [-0.2, 0) is 4.79 Å². The van der Waals surface area contributed by atoms with Gasteiger partial charge in [0, 0.05) is 17.8 Å². The normalized spacial score (nSPS) is 37.3. The van der Waals surface area contributed by atoms with Gasteiger partial charge in [-0.05, 0) is 92.2 Å². The molecule has 1 aliphatic heterocycles. The van der Waals surface area contributed by atoms with Crippen LogP contribution in [0.5, 0.6) is 11.5 Å². The Bertz CT molecular complexity index is 1220. The van der Waals surface area contributed by atoms with Crippen molar-refractivity contribution in [2.24, 2.45) is 17.3 Å². The number of carbonyl (C=O) groups is 1. The van der Waals surface area contributed by atoms with Crippen LogP contribution in [0.25, 0.3) is 0 Å². The molecule has 4 nitrogen and oxygen atoms in total. The lowest BCUT2D eigenvalue weighted by Crippen LogP contribution is -2.51. The van der Waals surface area contributed by atoms with E-state index in [1.54, 1.807) is 25.1 Å². The second kappa shape index (κ2) is 7.18. The van der Waals surface area contributed by atoms with Crippen molar-refractivity contribution in [3.05, 3.63) is 46.6 Å². The van der Waals surface area contributed by atoms with Crippen molar-refractivity contribution >= 4 is 5.78 Å². The Balaban J connectivity index is 1.52. The Morgan fingerprint density at radius 1 is 1.12 bits per heavy atom. The summed E-state index contributed by atoms with van der Waals surface area (Å²) in [5.74, 6) is 6.80. The SMILES string of the molecule is CC#C[C@]1(O)CC[C@H]2[C@@H]3CCC4=CC(=O)CCC4=C3[C@@H](c3ccc4c(c3)OC(F)(F)O4)C[C@@]21C. The second-order valence-corrected chi connectivity index (χ2v) is 10.6. The van der Waals surface area contributed by atoms with Gasteiger partial charge in [-0.3, -0.25) is 4.79 Å². The van der Waals surface area contributed by atoms with Crippen molar-refractivity contribution in [1.29, 1.82) is 0 Å². The van der Waals surface area contributed by atoms with E-state index in [0.29, 0.717) is 19.3 Å². The molecule has 5 atom stereocenters. The summed E-state index contributed by atoms with van der Waals surface area (Å²) < 4.78 is 36.8. The number of carbonyl (C=O) groups excluding carboxylic acids is 1. The van der Waals surface area contributed by atoms with Crippen LogP contribution in [0.15, 0.2) is 41.0 Å². The summed E-state index contributed by atoms with van der Waals surface area (Å²) in [6, 6.07) is 5.06. The molecule has 0 aromatic heterocycles. The van der Waals surface area contributed by atoms with E-state index in [4.69, 9.17) is 4.74 Å². The highest BCUT2D eigenvalue weighted by Crippen LogP contribution is 2.66. The molecule has 4 aliphatic carbocycles. The summed E-state index contributed by atoms with van der Waals surface area (Å²) in [7, 11) is 0. The number of halogens is 2. The van der Waals surface area contributed by atoms with E-state index in [2.05, 4.69) is 23.5 Å². The van der Waals surface area contributed by atoms with Gasteiger partial charge in [-0.1, -0.05) is 24.5 Å². The van der Waals surface area contributed by atoms with Gasteiger partial charge in [0.2, 0.25) is 0 Å². The highest BCUT2D eigenvalue weighted by molar-refractivity contribution is 5.93. The monoisotopic (exact) mass is 466 g/mol. The Hall–Kier alpha value is -2.65. The summed E-state index contributed by atoms with van der Waals surface area (Å²) in [6.07, 6.45) is 3.35. The third kappa shape index (κ3) is 3.02. The lowest BCUT2D eigenvalue weighted by atomic mass is 9.51. The second-order valence-electron chi connectivity index (χ2n) is 10.6. The average Bonchev–Trinajstić information content (AvgIpc) is 3.23. The molecule has 0 unspecified atom stereocenters. The van der Waals surface area contributed by atoms with Crippen LogP contribution < -0.4 is 9.47 Å². The largest absolute Gasteiger partial charge is 0.586 e. The third-order valence-electron chi connectivity index (χ3n) is 9.05. The first-order valence-corrected chi connectivity index (χ1v) is 12.2. The van der Waals surface area contributed by atoms with Crippen LogP contribution >= 0.6 is 0 Å². The number of ketones is 1. The van der Waals surface area contributed by atoms with Gasteiger partial charge in [-0.15, -0.1) is 14.7 Å². The number of aliphatic hydroxyl groups is 1. The van der Waals surface area contributed by atoms with Crippen LogP contribution in [0.2, 0.25) is 0 Å². The van der Waals surface area contributed by atoms with Crippen molar-refractivity contribution in [2.45, 2.75) is 76.6 Å². The fourth-order valence-electron chi connectivity index (χ4n) is 7.56. The van der Waals surface area contributed by atoms with E-state index in [1.807, 2.05) is 6.07 Å². The van der Waals surface area contributed by atoms with Crippen LogP contribution in [0.3, 0.4) is 0 Å². The Kier molecular flexibility index (Phi) is 4.61. The number of benzene rings is 1. The van der Waals surface area contributed by atoms with E-state index < -0.39 is 17.3 Å². The number of rotatable bonds is 1. The molecular weight excluding hydrogens is 438 g/mol. The zero-order valence-electron chi connectivity index (χ0n) is 19.4. The summed E-state index contributed by atoms with van der Waals surface area (Å²) in [5, 5.41) is 11.7. The van der Waals surface area contributed by atoms with E-state index in [9.17, 15) is 18.7 Å². The van der Waals surface area contributed by atoms with Gasteiger partial charge in [0.05, 0.1) is 0 Å². The first kappa shape index (κ1) is 21.9. The molecule has 2 saturated carbocycles. The molecule has 6 heteroatoms. The lowest BCUT2D eigenvalue weighted by molar-refractivity contribution is -0.286. The summed E-state index contributed by atoms with van der Waals surface area (Å²) in [6.45, 7) is 3.91. The minimum absolute atomic E-state index is 0.0320. The van der Waals surface area contributed by atoms with Gasteiger partial charge in [0.15, 0.2) is 17.3 Å². The quantitative estimate of drug-likeness (QED) is 0.543. The molecule has 1 heterocycles. The number of alkyl halides is 2. The lowest BCUT2D eigenvalue weighted by Gasteiger charge is -2.53. The highest BCUT2D eigenvalue weighted by atomic mass is 19.3. The first-order chi connectivity index (χ1) is 16.1. The molecule has 0 saturated heterocycles. The van der Waals surface area contributed by atoms with Crippen LogP contribution in [0, 0.1) is 29.1 Å². The predicted molar refractivity (Wildman–Crippen MR) is 121 cm³/mol. The molecule has 1 aromatic carbocycles. The zero-order valence-corrected chi connectivity index (χ0v) is 19.4. The van der Waals surface area contributed by atoms with E-state index in [0.717, 1.165) is 36.8 Å². The minimum atomic E-state index is -3.66. The number of hydrogen-bond acceptors (Lipinski definition) is 4. The molecule has 2 fully saturated rings. The molecule has 5 aliphatic rings. The fraction of sp³-hybridized carbons (Fsp3) is 0.536. The van der Waals surface area contributed by atoms with Crippen molar-refractivity contribution in [3.63, 3.8) is 0 Å². The van der Waals surface area contributed by atoms with E-state index in [1.165, 1.54) is 11.1 Å². The molecule has 6 rings (SSSR count). The van der Waals surface area contributed by atoms with E-state index >= 15 is 0 Å². The maximum absolute atomic E-state index is 13.7. The molecule has 34 heavy (non-hydrogen) atoms. The summed E-state index contributed by atoms with van der Waals surface area (Å²) >= 11 is 0. The maximum Gasteiger partial charge on any atom is 0.586 e. The smallest absolute Gasteiger partial charge is 0.395 e. The first-order valence-electron chi connectivity index (χ1n) is 12.2. The number of hydrogen-bond donors (Lipinski definition) is 1. The molecule has 0 bridgehead atoms. The number of fused-ring (bicyclic) bond motifs is 5. The van der Waals surface area contributed by atoms with Crippen molar-refractivity contribution < 1.29 is 28.2 Å². The minimum Gasteiger partial charge on any atom is -0.395 e. The van der Waals surface area contributed by atoms with Crippen LogP contribution in [-0.4, -0.2) is 22.8 Å².